The van der Waals surface area contributed by atoms with Crippen molar-refractivity contribution in [2.24, 2.45) is 0 Å². The van der Waals surface area contributed by atoms with Gasteiger partial charge < -0.3 is 4.90 Å². The summed E-state index contributed by atoms with van der Waals surface area (Å²) in [7, 11) is 0. The Morgan fingerprint density at radius 2 is 1.82 bits per heavy atom. The van der Waals surface area contributed by atoms with Crippen molar-refractivity contribution in [3.05, 3.63) is 40.8 Å². The molecule has 0 radical (unpaired) electrons. The average Bonchev–Trinajstić information content (AvgIpc) is 2.98. The van der Waals surface area contributed by atoms with Gasteiger partial charge in [0.15, 0.2) is 5.13 Å². The van der Waals surface area contributed by atoms with Gasteiger partial charge in [-0.3, -0.25) is 0 Å². The van der Waals surface area contributed by atoms with Crippen LogP contribution in [0.5, 0.6) is 0 Å². The number of allylic oxidation sites excluding steroid dienone is 1. The maximum Gasteiger partial charge on any atom is 0.186 e. The van der Waals surface area contributed by atoms with E-state index < -0.39 is 0 Å². The maximum absolute atomic E-state index is 8.99. The van der Waals surface area contributed by atoms with Crippen molar-refractivity contribution < 1.29 is 0 Å². The number of thiazole rings is 1. The summed E-state index contributed by atoms with van der Waals surface area (Å²) in [6.07, 6.45) is 1.62. The maximum atomic E-state index is 8.99. The van der Waals surface area contributed by atoms with E-state index in [2.05, 4.69) is 18.7 Å². The highest BCUT2D eigenvalue weighted by Gasteiger charge is 2.15. The molecule has 0 atom stereocenters. The standard InChI is InChI=1S/C17H16N4S/c1-3-21(4-2)17-20-16(14-8-6-5-7-9-14)15(22-17)10-13(11-18)12-19/h5-10H,3-4H2,1-2H3. The highest BCUT2D eigenvalue weighted by molar-refractivity contribution is 7.17. The Kier molecular flexibility index (Phi) is 5.30. The lowest BCUT2D eigenvalue weighted by Crippen LogP contribution is -2.21. The first-order chi connectivity index (χ1) is 10.7. The van der Waals surface area contributed by atoms with Crippen LogP contribution in [0.4, 0.5) is 5.13 Å². The number of benzene rings is 1. The van der Waals surface area contributed by atoms with Gasteiger partial charge >= 0.3 is 0 Å². The molecule has 2 aromatic rings. The van der Waals surface area contributed by atoms with Gasteiger partial charge in [-0.15, -0.1) is 0 Å². The molecule has 0 saturated carbocycles. The lowest BCUT2D eigenvalue weighted by atomic mass is 10.1. The van der Waals surface area contributed by atoms with Gasteiger partial charge in [0.05, 0.1) is 10.6 Å². The number of nitriles is 2. The van der Waals surface area contributed by atoms with E-state index in [-0.39, 0.29) is 5.57 Å². The van der Waals surface area contributed by atoms with Gasteiger partial charge in [0.25, 0.3) is 0 Å². The molecule has 5 heteroatoms. The van der Waals surface area contributed by atoms with Crippen molar-refractivity contribution in [2.45, 2.75) is 13.8 Å². The molecule has 0 bridgehead atoms. The quantitative estimate of drug-likeness (QED) is 0.780. The Bertz CT molecular complexity index is 727. The molecule has 0 spiro atoms. The van der Waals surface area contributed by atoms with E-state index in [9.17, 15) is 0 Å². The van der Waals surface area contributed by atoms with Crippen molar-refractivity contribution in [1.29, 1.82) is 10.5 Å². The molecule has 0 aliphatic rings. The van der Waals surface area contributed by atoms with Crippen LogP contribution in [-0.2, 0) is 0 Å². The summed E-state index contributed by atoms with van der Waals surface area (Å²) in [4.78, 5) is 7.72. The number of aromatic nitrogens is 1. The third kappa shape index (κ3) is 3.33. The zero-order chi connectivity index (χ0) is 15.9. The molecular formula is C17H16N4S. The molecule has 1 aromatic carbocycles. The Labute approximate surface area is 134 Å². The van der Waals surface area contributed by atoms with Gasteiger partial charge in [-0.05, 0) is 19.9 Å². The summed E-state index contributed by atoms with van der Waals surface area (Å²) in [5, 5.41) is 18.9. The molecule has 0 unspecified atom stereocenters. The third-order valence-corrected chi connectivity index (χ3v) is 4.30. The van der Waals surface area contributed by atoms with Gasteiger partial charge in [0, 0.05) is 18.7 Å². The lowest BCUT2D eigenvalue weighted by molar-refractivity contribution is 0.860. The highest BCUT2D eigenvalue weighted by atomic mass is 32.1. The monoisotopic (exact) mass is 308 g/mol. The number of rotatable bonds is 5. The van der Waals surface area contributed by atoms with Crippen LogP contribution in [0.3, 0.4) is 0 Å². The number of nitrogens with zero attached hydrogens (tertiary/aromatic N) is 4. The van der Waals surface area contributed by atoms with Gasteiger partial charge in [0.1, 0.15) is 17.7 Å². The van der Waals surface area contributed by atoms with Crippen molar-refractivity contribution >= 4 is 22.5 Å². The van der Waals surface area contributed by atoms with E-state index in [1.54, 1.807) is 6.08 Å². The average molecular weight is 308 g/mol. The van der Waals surface area contributed by atoms with Crippen LogP contribution in [0.15, 0.2) is 35.9 Å². The largest absolute Gasteiger partial charge is 0.349 e. The zero-order valence-electron chi connectivity index (χ0n) is 12.6. The fourth-order valence-corrected chi connectivity index (χ4v) is 3.23. The van der Waals surface area contributed by atoms with Crippen molar-refractivity contribution in [3.8, 4) is 23.4 Å². The molecule has 0 aliphatic carbocycles. The lowest BCUT2D eigenvalue weighted by Gasteiger charge is -2.16. The van der Waals surface area contributed by atoms with Crippen LogP contribution in [0.1, 0.15) is 18.7 Å². The first-order valence-corrected chi connectivity index (χ1v) is 7.88. The van der Waals surface area contributed by atoms with Crippen LogP contribution in [0.25, 0.3) is 17.3 Å². The smallest absolute Gasteiger partial charge is 0.186 e. The van der Waals surface area contributed by atoms with E-state index in [0.29, 0.717) is 0 Å². The number of anilines is 1. The fraction of sp³-hybridized carbons (Fsp3) is 0.235. The molecule has 110 valence electrons. The van der Waals surface area contributed by atoms with Crippen LogP contribution >= 0.6 is 11.3 Å². The topological polar surface area (TPSA) is 63.7 Å². The van der Waals surface area contributed by atoms with E-state index in [1.807, 2.05) is 42.5 Å². The predicted molar refractivity (Wildman–Crippen MR) is 90.3 cm³/mol. The van der Waals surface area contributed by atoms with Gasteiger partial charge in [0.2, 0.25) is 0 Å². The van der Waals surface area contributed by atoms with E-state index in [4.69, 9.17) is 15.5 Å². The molecule has 1 heterocycles. The first-order valence-electron chi connectivity index (χ1n) is 7.06. The van der Waals surface area contributed by atoms with Gasteiger partial charge in [-0.2, -0.15) is 10.5 Å². The fourth-order valence-electron chi connectivity index (χ4n) is 2.07. The Morgan fingerprint density at radius 1 is 1.18 bits per heavy atom. The minimum absolute atomic E-state index is 0.0897. The summed E-state index contributed by atoms with van der Waals surface area (Å²) in [6, 6.07) is 13.6. The molecule has 0 fully saturated rings. The van der Waals surface area contributed by atoms with Crippen molar-refractivity contribution in [3.63, 3.8) is 0 Å². The Balaban J connectivity index is 2.58. The molecule has 0 amide bonds. The van der Waals surface area contributed by atoms with Gasteiger partial charge in [-0.1, -0.05) is 41.7 Å². The molecule has 2 rings (SSSR count). The predicted octanol–water partition coefficient (Wildman–Crippen LogP) is 4.09. The Morgan fingerprint density at radius 3 is 2.36 bits per heavy atom. The summed E-state index contributed by atoms with van der Waals surface area (Å²) in [6.45, 7) is 5.90. The second-order valence-corrected chi connectivity index (χ2v) is 5.54. The molecule has 4 nitrogen and oxygen atoms in total. The van der Waals surface area contributed by atoms with E-state index >= 15 is 0 Å². The van der Waals surface area contributed by atoms with Gasteiger partial charge in [-0.25, -0.2) is 4.98 Å². The minimum atomic E-state index is 0.0897. The zero-order valence-corrected chi connectivity index (χ0v) is 13.4. The molecule has 1 aromatic heterocycles. The first kappa shape index (κ1) is 15.8. The third-order valence-electron chi connectivity index (χ3n) is 3.24. The summed E-state index contributed by atoms with van der Waals surface area (Å²) in [5.74, 6) is 0. The van der Waals surface area contributed by atoms with Crippen molar-refractivity contribution in [2.75, 3.05) is 18.0 Å². The van der Waals surface area contributed by atoms with Crippen LogP contribution in [0, 0.1) is 22.7 Å². The van der Waals surface area contributed by atoms with E-state index in [0.717, 1.165) is 34.4 Å². The minimum Gasteiger partial charge on any atom is -0.349 e. The summed E-state index contributed by atoms with van der Waals surface area (Å²) in [5.41, 5.74) is 1.89. The Hall–Kier alpha value is -2.63. The summed E-state index contributed by atoms with van der Waals surface area (Å²) >= 11 is 1.51. The second-order valence-electron chi connectivity index (χ2n) is 4.53. The normalized spacial score (nSPS) is 9.64. The number of hydrogen-bond donors (Lipinski definition) is 0. The SMILES string of the molecule is CCN(CC)c1nc(-c2ccccc2)c(C=C(C#N)C#N)s1. The molecule has 0 N–H and O–H groups in total. The summed E-state index contributed by atoms with van der Waals surface area (Å²) < 4.78 is 0. The highest BCUT2D eigenvalue weighted by Crippen LogP contribution is 2.34. The second kappa shape index (κ2) is 7.40. The molecule has 22 heavy (non-hydrogen) atoms. The van der Waals surface area contributed by atoms with Crippen LogP contribution in [-0.4, -0.2) is 18.1 Å². The number of hydrogen-bond acceptors (Lipinski definition) is 5. The van der Waals surface area contributed by atoms with E-state index in [1.165, 1.54) is 11.3 Å². The molecule has 0 saturated heterocycles. The van der Waals surface area contributed by atoms with Crippen LogP contribution in [0.2, 0.25) is 0 Å². The molecular weight excluding hydrogens is 292 g/mol. The molecule has 0 aliphatic heterocycles. The van der Waals surface area contributed by atoms with Crippen molar-refractivity contribution in [1.82, 2.24) is 4.98 Å². The van der Waals surface area contributed by atoms with Crippen LogP contribution < -0.4 is 4.90 Å².